The molecule has 1 fully saturated rings. The van der Waals surface area contributed by atoms with Gasteiger partial charge in [0.1, 0.15) is 0 Å². The summed E-state index contributed by atoms with van der Waals surface area (Å²) < 4.78 is 1.85. The molecule has 0 bridgehead atoms. The van der Waals surface area contributed by atoms with E-state index in [1.54, 1.807) is 6.20 Å². The van der Waals surface area contributed by atoms with Crippen LogP contribution in [0.1, 0.15) is 64.7 Å². The van der Waals surface area contributed by atoms with E-state index < -0.39 is 0 Å². The first-order valence-electron chi connectivity index (χ1n) is 10.5. The van der Waals surface area contributed by atoms with Crippen LogP contribution >= 0.6 is 0 Å². The third kappa shape index (κ3) is 3.92. The number of hydrogen-bond acceptors (Lipinski definition) is 4. The molecule has 2 amide bonds. The largest absolute Gasteiger partial charge is 0.348 e. The summed E-state index contributed by atoms with van der Waals surface area (Å²) in [6.45, 7) is 7.92. The van der Waals surface area contributed by atoms with Gasteiger partial charge in [0.05, 0.1) is 17.5 Å². The molecule has 30 heavy (non-hydrogen) atoms. The number of likely N-dealkylation sites (tertiary alicyclic amines) is 1. The summed E-state index contributed by atoms with van der Waals surface area (Å²) in [6, 6.07) is 9.52. The third-order valence-corrected chi connectivity index (χ3v) is 5.51. The molecule has 156 valence electrons. The van der Waals surface area contributed by atoms with Gasteiger partial charge in [-0.25, -0.2) is 9.67 Å². The summed E-state index contributed by atoms with van der Waals surface area (Å²) in [5, 5.41) is 8.18. The highest BCUT2D eigenvalue weighted by atomic mass is 16.2. The predicted octanol–water partition coefficient (Wildman–Crippen LogP) is 3.49. The lowest BCUT2D eigenvalue weighted by atomic mass is 10.1. The van der Waals surface area contributed by atoms with Crippen LogP contribution in [0.25, 0.3) is 11.0 Å². The first kappa shape index (κ1) is 20.1. The number of pyridine rings is 1. The van der Waals surface area contributed by atoms with Gasteiger partial charge in [-0.3, -0.25) is 9.59 Å². The van der Waals surface area contributed by atoms with Crippen molar-refractivity contribution in [3.63, 3.8) is 0 Å². The molecule has 1 N–H and O–H groups in total. The van der Waals surface area contributed by atoms with E-state index in [1.807, 2.05) is 60.7 Å². The first-order valence-corrected chi connectivity index (χ1v) is 10.5. The predicted molar refractivity (Wildman–Crippen MR) is 115 cm³/mol. The molecule has 3 aromatic rings. The highest BCUT2D eigenvalue weighted by Gasteiger charge is 2.20. The van der Waals surface area contributed by atoms with Gasteiger partial charge in [-0.05, 0) is 57.4 Å². The molecule has 7 heteroatoms. The average Bonchev–Trinajstić information content (AvgIpc) is 3.41. The number of carbonyl (C=O) groups is 2. The highest BCUT2D eigenvalue weighted by molar-refractivity contribution is 5.98. The number of benzene rings is 1. The number of nitrogens with one attached hydrogen (secondary N) is 1. The maximum atomic E-state index is 12.8. The summed E-state index contributed by atoms with van der Waals surface area (Å²) in [7, 11) is 0. The summed E-state index contributed by atoms with van der Waals surface area (Å²) in [5.41, 5.74) is 3.55. The molecule has 1 aliphatic rings. The van der Waals surface area contributed by atoms with Crippen LogP contribution in [0.15, 0.2) is 36.5 Å². The van der Waals surface area contributed by atoms with Crippen LogP contribution in [0.3, 0.4) is 0 Å². The maximum absolute atomic E-state index is 12.8. The van der Waals surface area contributed by atoms with Crippen LogP contribution in [-0.4, -0.2) is 44.6 Å². The van der Waals surface area contributed by atoms with Crippen molar-refractivity contribution < 1.29 is 9.59 Å². The molecule has 0 spiro atoms. The van der Waals surface area contributed by atoms with Gasteiger partial charge in [0.2, 0.25) is 0 Å². The van der Waals surface area contributed by atoms with Crippen molar-refractivity contribution in [3.8, 4) is 0 Å². The Labute approximate surface area is 176 Å². The van der Waals surface area contributed by atoms with Gasteiger partial charge >= 0.3 is 0 Å². The smallest absolute Gasteiger partial charge is 0.253 e. The molecule has 1 aliphatic heterocycles. The molecular weight excluding hydrogens is 378 g/mol. The Bertz CT molecular complexity index is 1100. The number of carbonyl (C=O) groups excluding carboxylic acids is 2. The Kier molecular flexibility index (Phi) is 5.53. The Balaban J connectivity index is 1.48. The van der Waals surface area contributed by atoms with Crippen molar-refractivity contribution >= 4 is 22.8 Å². The van der Waals surface area contributed by atoms with Crippen LogP contribution in [0.4, 0.5) is 0 Å². The Morgan fingerprint density at radius 1 is 1.17 bits per heavy atom. The Hall–Kier alpha value is -3.22. The molecule has 1 saturated heterocycles. The molecule has 7 nitrogen and oxygen atoms in total. The molecule has 0 aliphatic carbocycles. The molecule has 0 radical (unpaired) electrons. The van der Waals surface area contributed by atoms with Gasteiger partial charge in [0.25, 0.3) is 11.8 Å². The van der Waals surface area contributed by atoms with Gasteiger partial charge in [0.15, 0.2) is 5.65 Å². The van der Waals surface area contributed by atoms with Crippen molar-refractivity contribution in [2.45, 2.75) is 46.2 Å². The van der Waals surface area contributed by atoms with Gasteiger partial charge in [-0.2, -0.15) is 5.10 Å². The number of aromatic nitrogens is 3. The van der Waals surface area contributed by atoms with Crippen molar-refractivity contribution in [1.82, 2.24) is 25.0 Å². The lowest BCUT2D eigenvalue weighted by molar-refractivity contribution is 0.0792. The number of nitrogens with zero attached hydrogens (tertiary/aromatic N) is 4. The van der Waals surface area contributed by atoms with Crippen molar-refractivity contribution in [3.05, 3.63) is 58.9 Å². The van der Waals surface area contributed by atoms with E-state index >= 15 is 0 Å². The first-order chi connectivity index (χ1) is 14.4. The van der Waals surface area contributed by atoms with Crippen LogP contribution in [0.5, 0.6) is 0 Å². The quantitative estimate of drug-likeness (QED) is 0.705. The van der Waals surface area contributed by atoms with E-state index in [9.17, 15) is 9.59 Å². The number of hydrogen-bond donors (Lipinski definition) is 1. The van der Waals surface area contributed by atoms with Gasteiger partial charge in [-0.1, -0.05) is 12.1 Å². The van der Waals surface area contributed by atoms with E-state index in [2.05, 4.69) is 15.4 Å². The maximum Gasteiger partial charge on any atom is 0.253 e. The van der Waals surface area contributed by atoms with Crippen LogP contribution in [-0.2, 0) is 6.54 Å². The lowest BCUT2D eigenvalue weighted by Crippen LogP contribution is -2.28. The molecule has 1 aromatic carbocycles. The molecule has 0 saturated carbocycles. The number of amides is 2. The molecule has 4 rings (SSSR count). The van der Waals surface area contributed by atoms with Crippen molar-refractivity contribution in [2.75, 3.05) is 13.1 Å². The van der Waals surface area contributed by atoms with Crippen molar-refractivity contribution in [1.29, 1.82) is 0 Å². The Morgan fingerprint density at radius 3 is 2.67 bits per heavy atom. The summed E-state index contributed by atoms with van der Waals surface area (Å²) >= 11 is 0. The van der Waals surface area contributed by atoms with E-state index in [0.29, 0.717) is 23.4 Å². The molecule has 0 atom stereocenters. The van der Waals surface area contributed by atoms with Gasteiger partial charge in [-0.15, -0.1) is 0 Å². The van der Waals surface area contributed by atoms with Crippen LogP contribution < -0.4 is 5.32 Å². The van der Waals surface area contributed by atoms with E-state index in [1.165, 1.54) is 0 Å². The minimum atomic E-state index is -0.185. The lowest BCUT2D eigenvalue weighted by Gasteiger charge is -2.16. The minimum Gasteiger partial charge on any atom is -0.348 e. The second-order valence-corrected chi connectivity index (χ2v) is 8.10. The normalized spacial score (nSPS) is 13.9. The van der Waals surface area contributed by atoms with Crippen molar-refractivity contribution in [2.24, 2.45) is 0 Å². The monoisotopic (exact) mass is 405 g/mol. The fourth-order valence-electron chi connectivity index (χ4n) is 3.87. The van der Waals surface area contributed by atoms with Gasteiger partial charge < -0.3 is 10.2 Å². The van der Waals surface area contributed by atoms with Gasteiger partial charge in [0, 0.05) is 36.6 Å². The fraction of sp³-hybridized carbons (Fsp3) is 0.391. The fourth-order valence-corrected chi connectivity index (χ4v) is 3.87. The van der Waals surface area contributed by atoms with Crippen LogP contribution in [0, 0.1) is 6.92 Å². The summed E-state index contributed by atoms with van der Waals surface area (Å²) in [5.74, 6) is -0.121. The highest BCUT2D eigenvalue weighted by Crippen LogP contribution is 2.19. The number of fused-ring (bicyclic) bond motifs is 1. The zero-order chi connectivity index (χ0) is 21.3. The molecule has 2 aromatic heterocycles. The number of rotatable bonds is 5. The average molecular weight is 406 g/mol. The zero-order valence-corrected chi connectivity index (χ0v) is 17.7. The van der Waals surface area contributed by atoms with E-state index in [4.69, 9.17) is 0 Å². The van der Waals surface area contributed by atoms with E-state index in [0.717, 1.165) is 42.5 Å². The second kappa shape index (κ2) is 8.26. The zero-order valence-electron chi connectivity index (χ0n) is 17.7. The summed E-state index contributed by atoms with van der Waals surface area (Å²) in [4.78, 5) is 31.9. The minimum absolute atomic E-state index is 0.0633. The van der Waals surface area contributed by atoms with E-state index in [-0.39, 0.29) is 17.9 Å². The third-order valence-electron chi connectivity index (χ3n) is 5.51. The Morgan fingerprint density at radius 2 is 1.93 bits per heavy atom. The summed E-state index contributed by atoms with van der Waals surface area (Å²) in [6.07, 6.45) is 3.87. The molecule has 0 unspecified atom stereocenters. The second-order valence-electron chi connectivity index (χ2n) is 8.10. The van der Waals surface area contributed by atoms with Crippen LogP contribution in [0.2, 0.25) is 0 Å². The molecule has 3 heterocycles. The topological polar surface area (TPSA) is 80.1 Å². The standard InChI is InChI=1S/C23H27N5O2/c1-15(2)28-21-19(14-25-28)12-20(16(3)26-21)22(29)24-13-17-7-6-8-18(11-17)23(30)27-9-4-5-10-27/h6-8,11-12,14-15H,4-5,9-10,13H2,1-3H3,(H,24,29). The molecular formula is C23H27N5O2. The SMILES string of the molecule is Cc1nc2c(cnn2C(C)C)cc1C(=O)NCc1cccc(C(=O)N2CCCC2)c1. The number of aryl methyl sites for hydroxylation is 1.